The third-order valence-electron chi connectivity index (χ3n) is 2.70. The van der Waals surface area contributed by atoms with Crippen LogP contribution in [0.3, 0.4) is 0 Å². The maximum atomic E-state index is 13.0. The maximum absolute atomic E-state index is 13.0. The van der Waals surface area contributed by atoms with Crippen LogP contribution < -0.4 is 5.73 Å². The van der Waals surface area contributed by atoms with Crippen LogP contribution in [0.2, 0.25) is 0 Å². The van der Waals surface area contributed by atoms with Gasteiger partial charge in [-0.25, -0.2) is 12.8 Å². The molecular weight excluding hydrogens is 253 g/mol. The lowest BCUT2D eigenvalue weighted by atomic mass is 10.0. The molecule has 5 heteroatoms. The van der Waals surface area contributed by atoms with Gasteiger partial charge in [-0.1, -0.05) is 19.1 Å². The number of sulfone groups is 1. The van der Waals surface area contributed by atoms with E-state index in [2.05, 4.69) is 0 Å². The van der Waals surface area contributed by atoms with Crippen molar-refractivity contribution in [2.24, 2.45) is 5.73 Å². The van der Waals surface area contributed by atoms with E-state index in [4.69, 9.17) is 5.73 Å². The van der Waals surface area contributed by atoms with Crippen molar-refractivity contribution in [3.05, 3.63) is 35.6 Å². The molecule has 1 unspecified atom stereocenters. The minimum absolute atomic E-state index is 0.108. The zero-order valence-corrected chi connectivity index (χ0v) is 11.4. The molecule has 0 radical (unpaired) electrons. The van der Waals surface area contributed by atoms with Gasteiger partial charge < -0.3 is 5.73 Å². The third-order valence-corrected chi connectivity index (χ3v) is 4.59. The molecular formula is C13H20FNO2S. The quantitative estimate of drug-likeness (QED) is 0.825. The number of halogens is 1. The second kappa shape index (κ2) is 6.85. The van der Waals surface area contributed by atoms with E-state index in [9.17, 15) is 12.8 Å². The van der Waals surface area contributed by atoms with Crippen molar-refractivity contribution in [1.29, 1.82) is 0 Å². The molecule has 0 bridgehead atoms. The van der Waals surface area contributed by atoms with Gasteiger partial charge in [0.1, 0.15) is 15.7 Å². The largest absolute Gasteiger partial charge is 0.327 e. The van der Waals surface area contributed by atoms with Crippen LogP contribution in [-0.4, -0.2) is 26.0 Å². The van der Waals surface area contributed by atoms with Gasteiger partial charge in [-0.15, -0.1) is 0 Å². The van der Waals surface area contributed by atoms with Crippen LogP contribution in [0.4, 0.5) is 4.39 Å². The molecule has 0 aliphatic heterocycles. The Morgan fingerprint density at radius 1 is 1.33 bits per heavy atom. The molecule has 0 saturated heterocycles. The molecule has 0 fully saturated rings. The Labute approximate surface area is 108 Å². The fraction of sp³-hybridized carbons (Fsp3) is 0.538. The molecule has 0 amide bonds. The van der Waals surface area contributed by atoms with Crippen molar-refractivity contribution >= 4 is 9.84 Å². The van der Waals surface area contributed by atoms with Gasteiger partial charge in [0.25, 0.3) is 0 Å². The molecule has 1 aromatic carbocycles. The van der Waals surface area contributed by atoms with Gasteiger partial charge in [0.15, 0.2) is 0 Å². The number of rotatable bonds is 7. The molecule has 0 heterocycles. The lowest BCUT2D eigenvalue weighted by Crippen LogP contribution is -2.26. The number of hydrogen-bond acceptors (Lipinski definition) is 3. The van der Waals surface area contributed by atoms with Crippen molar-refractivity contribution in [3.8, 4) is 0 Å². The summed E-state index contributed by atoms with van der Waals surface area (Å²) >= 11 is 0. The highest BCUT2D eigenvalue weighted by Crippen LogP contribution is 2.08. The van der Waals surface area contributed by atoms with Crippen molar-refractivity contribution in [2.75, 3.05) is 11.5 Å². The van der Waals surface area contributed by atoms with E-state index in [-0.39, 0.29) is 23.4 Å². The lowest BCUT2D eigenvalue weighted by molar-refractivity contribution is 0.578. The molecule has 1 atom stereocenters. The highest BCUT2D eigenvalue weighted by Gasteiger charge is 2.13. The third kappa shape index (κ3) is 5.60. The number of benzene rings is 1. The smallest absolute Gasteiger partial charge is 0.150 e. The van der Waals surface area contributed by atoms with Crippen LogP contribution in [0.25, 0.3) is 0 Å². The maximum Gasteiger partial charge on any atom is 0.150 e. The minimum Gasteiger partial charge on any atom is -0.327 e. The fourth-order valence-corrected chi connectivity index (χ4v) is 3.30. The number of hydrogen-bond donors (Lipinski definition) is 1. The van der Waals surface area contributed by atoms with Gasteiger partial charge in [-0.2, -0.15) is 0 Å². The molecule has 0 saturated carbocycles. The first kappa shape index (κ1) is 15.1. The Morgan fingerprint density at radius 3 is 2.67 bits per heavy atom. The predicted octanol–water partition coefficient (Wildman–Crippen LogP) is 1.91. The Balaban J connectivity index is 2.45. The van der Waals surface area contributed by atoms with E-state index in [1.807, 2.05) is 6.92 Å². The average molecular weight is 273 g/mol. The summed E-state index contributed by atoms with van der Waals surface area (Å²) in [5.41, 5.74) is 6.67. The lowest BCUT2D eigenvalue weighted by Gasteiger charge is -2.11. The molecule has 2 N–H and O–H groups in total. The van der Waals surface area contributed by atoms with Crippen molar-refractivity contribution in [2.45, 2.75) is 32.2 Å². The molecule has 0 aliphatic carbocycles. The van der Waals surface area contributed by atoms with Crippen LogP contribution in [0, 0.1) is 5.82 Å². The normalized spacial score (nSPS) is 13.5. The van der Waals surface area contributed by atoms with E-state index in [1.165, 1.54) is 12.1 Å². The van der Waals surface area contributed by atoms with Gasteiger partial charge in [-0.05, 0) is 37.0 Å². The highest BCUT2D eigenvalue weighted by molar-refractivity contribution is 7.91. The van der Waals surface area contributed by atoms with Crippen molar-refractivity contribution in [1.82, 2.24) is 0 Å². The van der Waals surface area contributed by atoms with Crippen molar-refractivity contribution < 1.29 is 12.8 Å². The average Bonchev–Trinajstić information content (AvgIpc) is 2.26. The topological polar surface area (TPSA) is 60.2 Å². The highest BCUT2D eigenvalue weighted by atomic mass is 32.2. The monoisotopic (exact) mass is 273 g/mol. The van der Waals surface area contributed by atoms with E-state index >= 15 is 0 Å². The Morgan fingerprint density at radius 2 is 2.06 bits per heavy atom. The molecule has 1 aromatic rings. The van der Waals surface area contributed by atoms with Gasteiger partial charge in [0, 0.05) is 11.8 Å². The molecule has 102 valence electrons. The Kier molecular flexibility index (Phi) is 5.75. The summed E-state index contributed by atoms with van der Waals surface area (Å²) in [6.07, 6.45) is 1.54. The van der Waals surface area contributed by atoms with Gasteiger partial charge in [-0.3, -0.25) is 0 Å². The van der Waals surface area contributed by atoms with Gasteiger partial charge in [0.2, 0.25) is 0 Å². The first-order chi connectivity index (χ1) is 8.43. The molecule has 0 aliphatic rings. The zero-order chi connectivity index (χ0) is 13.6. The fourth-order valence-electron chi connectivity index (χ4n) is 1.81. The van der Waals surface area contributed by atoms with Crippen LogP contribution in [0.15, 0.2) is 24.3 Å². The molecule has 0 aromatic heterocycles. The van der Waals surface area contributed by atoms with E-state index in [1.54, 1.807) is 12.1 Å². The number of nitrogens with two attached hydrogens (primary N) is 1. The predicted molar refractivity (Wildman–Crippen MR) is 71.6 cm³/mol. The van der Waals surface area contributed by atoms with Crippen LogP contribution >= 0.6 is 0 Å². The molecule has 0 spiro atoms. The summed E-state index contributed by atoms with van der Waals surface area (Å²) < 4.78 is 36.0. The minimum atomic E-state index is -2.98. The van der Waals surface area contributed by atoms with E-state index in [0.717, 1.165) is 5.56 Å². The summed E-state index contributed by atoms with van der Waals surface area (Å²) in [4.78, 5) is 0. The van der Waals surface area contributed by atoms with Crippen LogP contribution in [0.5, 0.6) is 0 Å². The van der Waals surface area contributed by atoms with E-state index in [0.29, 0.717) is 19.3 Å². The molecule has 1 rings (SSSR count). The Bertz CT molecular complexity index is 474. The summed E-state index contributed by atoms with van der Waals surface area (Å²) in [7, 11) is -2.98. The van der Waals surface area contributed by atoms with Crippen LogP contribution in [-0.2, 0) is 16.3 Å². The summed E-state index contributed by atoms with van der Waals surface area (Å²) in [6, 6.07) is 5.98. The van der Waals surface area contributed by atoms with E-state index < -0.39 is 9.84 Å². The van der Waals surface area contributed by atoms with Crippen molar-refractivity contribution in [3.63, 3.8) is 0 Å². The second-order valence-corrected chi connectivity index (χ2v) is 6.84. The summed E-state index contributed by atoms with van der Waals surface area (Å²) in [5, 5.41) is 0. The van der Waals surface area contributed by atoms with Crippen LogP contribution in [0.1, 0.15) is 25.3 Å². The summed E-state index contributed by atoms with van der Waals surface area (Å²) in [6.45, 7) is 1.84. The zero-order valence-electron chi connectivity index (χ0n) is 10.6. The standard InChI is InChI=1S/C13H20FNO2S/c1-2-7-18(16,17)8-6-13(15)10-11-4-3-5-12(14)9-11/h3-5,9,13H,2,6-8,10,15H2,1H3. The first-order valence-electron chi connectivity index (χ1n) is 6.13. The van der Waals surface area contributed by atoms with Gasteiger partial charge >= 0.3 is 0 Å². The first-order valence-corrected chi connectivity index (χ1v) is 7.95. The molecule has 3 nitrogen and oxygen atoms in total. The van der Waals surface area contributed by atoms with Gasteiger partial charge in [0.05, 0.1) is 5.75 Å². The SMILES string of the molecule is CCCS(=O)(=O)CCC(N)Cc1cccc(F)c1. The Hall–Kier alpha value is -0.940. The second-order valence-electron chi connectivity index (χ2n) is 4.53. The molecule has 18 heavy (non-hydrogen) atoms. The summed E-state index contributed by atoms with van der Waals surface area (Å²) in [5.74, 6) is 0.0232.